The number of rotatable bonds is 3. The zero-order chi connectivity index (χ0) is 18.0. The highest BCUT2D eigenvalue weighted by molar-refractivity contribution is 6.04. The SMILES string of the molecule is C[C@H]1CCCCN1C(=O)c1cc(N)cc(C(=O)[C@H]2CCCCN2C)c1. The Kier molecular flexibility index (Phi) is 5.42. The molecule has 1 amide bonds. The molecule has 0 unspecified atom stereocenters. The number of likely N-dealkylation sites (tertiary alicyclic amines) is 2. The number of nitrogens with two attached hydrogens (primary N) is 1. The average molecular weight is 343 g/mol. The number of Topliss-reactive ketones (excluding diaryl/α,β-unsaturated/α-hetero) is 1. The van der Waals surface area contributed by atoms with Gasteiger partial charge >= 0.3 is 0 Å². The van der Waals surface area contributed by atoms with Crippen LogP contribution in [0.1, 0.15) is 66.2 Å². The second-order valence-electron chi connectivity index (χ2n) is 7.54. The lowest BCUT2D eigenvalue weighted by atomic mass is 9.93. The van der Waals surface area contributed by atoms with Gasteiger partial charge in [0.25, 0.3) is 5.91 Å². The van der Waals surface area contributed by atoms with E-state index in [1.807, 2.05) is 11.9 Å². The molecule has 2 saturated heterocycles. The monoisotopic (exact) mass is 343 g/mol. The Hall–Kier alpha value is -1.88. The lowest BCUT2D eigenvalue weighted by Crippen LogP contribution is -2.43. The van der Waals surface area contributed by atoms with Crippen LogP contribution < -0.4 is 5.73 Å². The van der Waals surface area contributed by atoms with Crippen molar-refractivity contribution in [1.82, 2.24) is 9.80 Å². The number of benzene rings is 1. The van der Waals surface area contributed by atoms with E-state index in [0.717, 1.165) is 45.2 Å². The lowest BCUT2D eigenvalue weighted by molar-refractivity contribution is 0.0635. The molecule has 3 rings (SSSR count). The summed E-state index contributed by atoms with van der Waals surface area (Å²) < 4.78 is 0. The third-order valence-electron chi connectivity index (χ3n) is 5.62. The summed E-state index contributed by atoms with van der Waals surface area (Å²) in [5.74, 6) is 0.0702. The highest BCUT2D eigenvalue weighted by Gasteiger charge is 2.29. The van der Waals surface area contributed by atoms with Crippen LogP contribution in [0.25, 0.3) is 0 Å². The van der Waals surface area contributed by atoms with E-state index < -0.39 is 0 Å². The molecule has 5 heteroatoms. The van der Waals surface area contributed by atoms with Crippen LogP contribution in [0.2, 0.25) is 0 Å². The summed E-state index contributed by atoms with van der Waals surface area (Å²) in [5, 5.41) is 0. The van der Waals surface area contributed by atoms with E-state index in [1.165, 1.54) is 6.42 Å². The average Bonchev–Trinajstić information content (AvgIpc) is 2.61. The van der Waals surface area contributed by atoms with E-state index in [1.54, 1.807) is 18.2 Å². The number of hydrogen-bond donors (Lipinski definition) is 1. The van der Waals surface area contributed by atoms with E-state index in [9.17, 15) is 9.59 Å². The fourth-order valence-electron chi connectivity index (χ4n) is 4.08. The highest BCUT2D eigenvalue weighted by Crippen LogP contribution is 2.24. The number of carbonyl (C=O) groups is 2. The Morgan fingerprint density at radius 1 is 1.00 bits per heavy atom. The first-order chi connectivity index (χ1) is 12.0. The molecule has 2 aliphatic rings. The Morgan fingerprint density at radius 3 is 2.40 bits per heavy atom. The molecule has 136 valence electrons. The van der Waals surface area contributed by atoms with Crippen molar-refractivity contribution in [3.05, 3.63) is 29.3 Å². The first kappa shape index (κ1) is 17.9. The first-order valence-electron chi connectivity index (χ1n) is 9.43. The Balaban J connectivity index is 1.85. The molecule has 0 spiro atoms. The number of amides is 1. The second kappa shape index (κ2) is 7.56. The minimum Gasteiger partial charge on any atom is -0.399 e. The van der Waals surface area contributed by atoms with Gasteiger partial charge in [-0.25, -0.2) is 0 Å². The first-order valence-corrected chi connectivity index (χ1v) is 9.43. The molecular formula is C20H29N3O2. The molecular weight excluding hydrogens is 314 g/mol. The van der Waals surface area contributed by atoms with E-state index in [4.69, 9.17) is 5.73 Å². The number of carbonyl (C=O) groups excluding carboxylic acids is 2. The summed E-state index contributed by atoms with van der Waals surface area (Å²) in [5.41, 5.74) is 7.61. The molecule has 1 aromatic carbocycles. The van der Waals surface area contributed by atoms with E-state index >= 15 is 0 Å². The Labute approximate surface area is 150 Å². The van der Waals surface area contributed by atoms with Gasteiger partial charge in [-0.1, -0.05) is 6.42 Å². The molecule has 25 heavy (non-hydrogen) atoms. The zero-order valence-electron chi connectivity index (χ0n) is 15.3. The van der Waals surface area contributed by atoms with Crippen LogP contribution in [0, 0.1) is 0 Å². The number of likely N-dealkylation sites (N-methyl/N-ethyl adjacent to an activating group) is 1. The zero-order valence-corrected chi connectivity index (χ0v) is 15.3. The van der Waals surface area contributed by atoms with Crippen molar-refractivity contribution in [1.29, 1.82) is 0 Å². The number of nitrogens with zero attached hydrogens (tertiary/aromatic N) is 2. The summed E-state index contributed by atoms with van der Waals surface area (Å²) in [4.78, 5) is 29.9. The number of piperidine rings is 2. The molecule has 0 radical (unpaired) electrons. The van der Waals surface area contributed by atoms with Gasteiger partial charge in [0.05, 0.1) is 6.04 Å². The van der Waals surface area contributed by atoms with Crippen LogP contribution >= 0.6 is 0 Å². The topological polar surface area (TPSA) is 66.6 Å². The van der Waals surface area contributed by atoms with Crippen LogP contribution in [0.15, 0.2) is 18.2 Å². The Morgan fingerprint density at radius 2 is 1.68 bits per heavy atom. The molecule has 0 bridgehead atoms. The number of hydrogen-bond acceptors (Lipinski definition) is 4. The maximum Gasteiger partial charge on any atom is 0.254 e. The van der Waals surface area contributed by atoms with Crippen molar-refractivity contribution in [2.45, 2.75) is 57.5 Å². The van der Waals surface area contributed by atoms with Gasteiger partial charge in [0.15, 0.2) is 5.78 Å². The smallest absolute Gasteiger partial charge is 0.254 e. The van der Waals surface area contributed by atoms with Crippen LogP contribution in [0.4, 0.5) is 5.69 Å². The van der Waals surface area contributed by atoms with Crippen molar-refractivity contribution in [3.8, 4) is 0 Å². The fourth-order valence-corrected chi connectivity index (χ4v) is 4.08. The number of nitrogen functional groups attached to an aromatic ring is 1. The standard InChI is InChI=1S/C20H29N3O2/c1-14-7-3-6-10-23(14)20(25)16-11-15(12-17(21)13-16)19(24)18-8-4-5-9-22(18)2/h11-14,18H,3-10,21H2,1-2H3/t14-,18+/m0/s1. The van der Waals surface area contributed by atoms with Gasteiger partial charge in [-0.3, -0.25) is 14.5 Å². The Bertz CT molecular complexity index is 606. The molecule has 0 aromatic heterocycles. The molecule has 2 fully saturated rings. The predicted octanol–water partition coefficient (Wildman–Crippen LogP) is 2.95. The number of anilines is 1. The minimum absolute atomic E-state index is 0.00875. The van der Waals surface area contributed by atoms with Gasteiger partial charge in [-0.15, -0.1) is 0 Å². The van der Waals surface area contributed by atoms with Crippen molar-refractivity contribution in [3.63, 3.8) is 0 Å². The summed E-state index contributed by atoms with van der Waals surface area (Å²) in [6, 6.07) is 5.29. The van der Waals surface area contributed by atoms with Gasteiger partial charge in [-0.05, 0) is 70.8 Å². The third kappa shape index (κ3) is 3.87. The molecule has 2 heterocycles. The van der Waals surface area contributed by atoms with Gasteiger partial charge < -0.3 is 10.6 Å². The molecule has 0 aliphatic carbocycles. The number of ketones is 1. The lowest BCUT2D eigenvalue weighted by Gasteiger charge is -2.34. The van der Waals surface area contributed by atoms with Crippen LogP contribution in [0.5, 0.6) is 0 Å². The maximum absolute atomic E-state index is 13.0. The normalized spacial score (nSPS) is 25.0. The van der Waals surface area contributed by atoms with Gasteiger partial charge in [0.1, 0.15) is 0 Å². The van der Waals surface area contributed by atoms with E-state index in [0.29, 0.717) is 16.8 Å². The van der Waals surface area contributed by atoms with Crippen molar-refractivity contribution in [2.24, 2.45) is 0 Å². The largest absolute Gasteiger partial charge is 0.399 e. The van der Waals surface area contributed by atoms with Crippen molar-refractivity contribution >= 4 is 17.4 Å². The quantitative estimate of drug-likeness (QED) is 0.677. The van der Waals surface area contributed by atoms with Crippen LogP contribution in [0.3, 0.4) is 0 Å². The predicted molar refractivity (Wildman–Crippen MR) is 99.8 cm³/mol. The molecule has 2 N–H and O–H groups in total. The van der Waals surface area contributed by atoms with Crippen LogP contribution in [-0.4, -0.2) is 53.7 Å². The van der Waals surface area contributed by atoms with E-state index in [2.05, 4.69) is 11.8 Å². The molecule has 2 atom stereocenters. The van der Waals surface area contributed by atoms with Crippen molar-refractivity contribution in [2.75, 3.05) is 25.9 Å². The fraction of sp³-hybridized carbons (Fsp3) is 0.600. The second-order valence-corrected chi connectivity index (χ2v) is 7.54. The molecule has 5 nitrogen and oxygen atoms in total. The minimum atomic E-state index is -0.104. The van der Waals surface area contributed by atoms with Crippen LogP contribution in [-0.2, 0) is 0 Å². The molecule has 2 aliphatic heterocycles. The maximum atomic E-state index is 13.0. The van der Waals surface area contributed by atoms with E-state index in [-0.39, 0.29) is 23.8 Å². The van der Waals surface area contributed by atoms with Gasteiger partial charge in [0.2, 0.25) is 0 Å². The summed E-state index contributed by atoms with van der Waals surface area (Å²) >= 11 is 0. The van der Waals surface area contributed by atoms with Gasteiger partial charge in [0, 0.05) is 29.4 Å². The summed E-state index contributed by atoms with van der Waals surface area (Å²) in [6.07, 6.45) is 6.31. The van der Waals surface area contributed by atoms with Crippen molar-refractivity contribution < 1.29 is 9.59 Å². The molecule has 0 saturated carbocycles. The van der Waals surface area contributed by atoms with Gasteiger partial charge in [-0.2, -0.15) is 0 Å². The summed E-state index contributed by atoms with van der Waals surface area (Å²) in [6.45, 7) is 3.81. The summed E-state index contributed by atoms with van der Waals surface area (Å²) in [7, 11) is 2.00. The highest BCUT2D eigenvalue weighted by atomic mass is 16.2. The third-order valence-corrected chi connectivity index (χ3v) is 5.62. The molecule has 1 aromatic rings.